The quantitative estimate of drug-likeness (QED) is 0.790. The first kappa shape index (κ1) is 15.9. The molecule has 0 bridgehead atoms. The fourth-order valence-corrected chi connectivity index (χ4v) is 3.89. The summed E-state index contributed by atoms with van der Waals surface area (Å²) in [6, 6.07) is 1.18. The summed E-state index contributed by atoms with van der Waals surface area (Å²) in [5.74, 6) is -0.807. The molecule has 0 unspecified atom stereocenters. The van der Waals surface area contributed by atoms with Crippen molar-refractivity contribution >= 4 is 0 Å². The number of nitrogens with one attached hydrogen (secondary N) is 1. The summed E-state index contributed by atoms with van der Waals surface area (Å²) in [7, 11) is 0. The lowest BCUT2D eigenvalue weighted by atomic mass is 9.97. The molecule has 1 aliphatic carbocycles. The molecule has 3 fully saturated rings. The summed E-state index contributed by atoms with van der Waals surface area (Å²) < 4.78 is 32.7. The Hall–Kier alpha value is -1.55. The summed E-state index contributed by atoms with van der Waals surface area (Å²) in [5, 5.41) is 9.73. The molecule has 0 amide bonds. The van der Waals surface area contributed by atoms with Crippen LogP contribution in [0.15, 0.2) is 21.9 Å². The van der Waals surface area contributed by atoms with Gasteiger partial charge in [0.25, 0.3) is 5.56 Å². The molecule has 9 heteroatoms. The number of aromatic amines is 1. The van der Waals surface area contributed by atoms with Crippen LogP contribution in [0.2, 0.25) is 0 Å². The van der Waals surface area contributed by atoms with Gasteiger partial charge >= 0.3 is 5.69 Å². The minimum Gasteiger partial charge on any atom is -0.393 e. The van der Waals surface area contributed by atoms with Crippen molar-refractivity contribution in [2.24, 2.45) is 0 Å². The topological polar surface area (TPSA) is 103 Å². The van der Waals surface area contributed by atoms with Gasteiger partial charge in [0.05, 0.1) is 6.61 Å². The van der Waals surface area contributed by atoms with Gasteiger partial charge in [0.1, 0.15) is 18.9 Å². The van der Waals surface area contributed by atoms with Gasteiger partial charge in [-0.1, -0.05) is 0 Å². The fourth-order valence-electron chi connectivity index (χ4n) is 3.89. The van der Waals surface area contributed by atoms with Gasteiger partial charge in [0, 0.05) is 25.1 Å². The van der Waals surface area contributed by atoms with Crippen LogP contribution in [0.4, 0.5) is 4.39 Å². The van der Waals surface area contributed by atoms with E-state index in [0.717, 1.165) is 17.4 Å². The maximum Gasteiger partial charge on any atom is 0.330 e. The first-order valence-electron chi connectivity index (χ1n) is 8.04. The first-order valence-corrected chi connectivity index (χ1v) is 8.04. The Morgan fingerprint density at radius 1 is 1.29 bits per heavy atom. The molecular weight excluding hydrogens is 323 g/mol. The standard InChI is InChI=1S/C15H19FN2O6/c16-7-14(8-19)11-10(22-15(23-11)4-1-2-5-15)12(24-14)18-6-3-9(20)17-13(18)21/h3,6,10-12,19H,1-2,4-5,7-8H2,(H,17,20,21)/t10-,11+,12-,14-/m1/s1. The largest absolute Gasteiger partial charge is 0.393 e. The van der Waals surface area contributed by atoms with Gasteiger partial charge in [0.2, 0.25) is 0 Å². The van der Waals surface area contributed by atoms with Gasteiger partial charge in [-0.3, -0.25) is 14.3 Å². The van der Waals surface area contributed by atoms with Crippen molar-refractivity contribution < 1.29 is 23.7 Å². The van der Waals surface area contributed by atoms with Crippen molar-refractivity contribution in [3.63, 3.8) is 0 Å². The van der Waals surface area contributed by atoms with Gasteiger partial charge in [0.15, 0.2) is 17.6 Å². The Labute approximate surface area is 136 Å². The number of rotatable bonds is 3. The predicted octanol–water partition coefficient (Wildman–Crippen LogP) is -0.180. The fraction of sp³-hybridized carbons (Fsp3) is 0.733. The highest BCUT2D eigenvalue weighted by molar-refractivity contribution is 5.08. The number of aliphatic hydroxyl groups excluding tert-OH is 1. The van der Waals surface area contributed by atoms with Gasteiger partial charge in [-0.15, -0.1) is 0 Å². The van der Waals surface area contributed by atoms with Crippen LogP contribution in [0.25, 0.3) is 0 Å². The molecule has 1 aromatic rings. The number of aliphatic hydroxyl groups is 1. The van der Waals surface area contributed by atoms with Crippen LogP contribution in [0.5, 0.6) is 0 Å². The Kier molecular flexibility index (Phi) is 3.64. The maximum absolute atomic E-state index is 13.8. The smallest absolute Gasteiger partial charge is 0.330 e. The summed E-state index contributed by atoms with van der Waals surface area (Å²) in [6.45, 7) is -1.57. The lowest BCUT2D eigenvalue weighted by molar-refractivity contribution is -0.242. The number of fused-ring (bicyclic) bond motifs is 1. The molecular formula is C15H19FN2O6. The van der Waals surface area contributed by atoms with Gasteiger partial charge < -0.3 is 19.3 Å². The number of H-pyrrole nitrogens is 1. The highest BCUT2D eigenvalue weighted by Gasteiger charge is 2.65. The van der Waals surface area contributed by atoms with Crippen LogP contribution in [-0.4, -0.2) is 51.5 Å². The van der Waals surface area contributed by atoms with Crippen LogP contribution in [0, 0.1) is 0 Å². The van der Waals surface area contributed by atoms with Gasteiger partial charge in [-0.25, -0.2) is 9.18 Å². The summed E-state index contributed by atoms with van der Waals surface area (Å²) in [4.78, 5) is 25.5. The minimum absolute atomic E-state index is 0.541. The number of hydrogen-bond acceptors (Lipinski definition) is 6. The van der Waals surface area contributed by atoms with Crippen LogP contribution in [-0.2, 0) is 14.2 Å². The lowest BCUT2D eigenvalue weighted by Gasteiger charge is -2.32. The van der Waals surface area contributed by atoms with E-state index in [-0.39, 0.29) is 0 Å². The molecule has 1 spiro atoms. The second-order valence-electron chi connectivity index (χ2n) is 6.62. The molecule has 2 aliphatic heterocycles. The van der Waals surface area contributed by atoms with Crippen molar-refractivity contribution in [1.82, 2.24) is 9.55 Å². The molecule has 0 radical (unpaired) electrons. The van der Waals surface area contributed by atoms with E-state index < -0.39 is 54.4 Å². The zero-order valence-electron chi connectivity index (χ0n) is 12.9. The number of aromatic nitrogens is 2. The van der Waals surface area contributed by atoms with Crippen molar-refractivity contribution in [2.75, 3.05) is 13.3 Å². The monoisotopic (exact) mass is 342 g/mol. The lowest BCUT2D eigenvalue weighted by Crippen LogP contribution is -2.48. The molecule has 1 aromatic heterocycles. The molecule has 1 saturated carbocycles. The maximum atomic E-state index is 13.8. The molecule has 4 atom stereocenters. The molecule has 24 heavy (non-hydrogen) atoms. The van der Waals surface area contributed by atoms with Crippen LogP contribution in [0.1, 0.15) is 31.9 Å². The molecule has 4 rings (SSSR count). The SMILES string of the molecule is O=c1ccn([C@@H]2O[C@@](CO)(CF)[C@H]3OC4(CCCC4)O[C@@H]23)c(=O)[nH]1. The number of nitrogens with zero attached hydrogens (tertiary/aromatic N) is 1. The Morgan fingerprint density at radius 2 is 2.04 bits per heavy atom. The Bertz CT molecular complexity index is 736. The zero-order valence-corrected chi connectivity index (χ0v) is 12.9. The van der Waals surface area contributed by atoms with E-state index in [2.05, 4.69) is 4.98 Å². The van der Waals surface area contributed by atoms with E-state index in [0.29, 0.717) is 12.8 Å². The Balaban J connectivity index is 1.75. The Morgan fingerprint density at radius 3 is 2.67 bits per heavy atom. The van der Waals surface area contributed by atoms with Crippen LogP contribution < -0.4 is 11.2 Å². The highest BCUT2D eigenvalue weighted by atomic mass is 19.1. The molecule has 3 aliphatic rings. The van der Waals surface area contributed by atoms with Gasteiger partial charge in [-0.2, -0.15) is 0 Å². The third kappa shape index (κ3) is 2.19. The number of hydrogen-bond donors (Lipinski definition) is 2. The second kappa shape index (κ2) is 5.48. The average molecular weight is 342 g/mol. The molecule has 2 N–H and O–H groups in total. The van der Waals surface area contributed by atoms with Crippen molar-refractivity contribution in [3.05, 3.63) is 33.1 Å². The van der Waals surface area contributed by atoms with E-state index in [1.165, 1.54) is 12.3 Å². The minimum atomic E-state index is -1.59. The number of ether oxygens (including phenoxy) is 3. The van der Waals surface area contributed by atoms with Crippen molar-refractivity contribution in [2.45, 2.75) is 55.5 Å². The third-order valence-electron chi connectivity index (χ3n) is 5.13. The number of alkyl halides is 1. The molecule has 132 valence electrons. The zero-order chi connectivity index (χ0) is 16.9. The van der Waals surface area contributed by atoms with E-state index in [4.69, 9.17) is 14.2 Å². The van der Waals surface area contributed by atoms with E-state index in [1.54, 1.807) is 0 Å². The normalized spacial score (nSPS) is 37.2. The molecule has 8 nitrogen and oxygen atoms in total. The van der Waals surface area contributed by atoms with E-state index in [9.17, 15) is 19.1 Å². The molecule has 0 aromatic carbocycles. The van der Waals surface area contributed by atoms with Crippen LogP contribution >= 0.6 is 0 Å². The third-order valence-corrected chi connectivity index (χ3v) is 5.13. The summed E-state index contributed by atoms with van der Waals surface area (Å²) in [6.07, 6.45) is 1.96. The van der Waals surface area contributed by atoms with Crippen molar-refractivity contribution in [1.29, 1.82) is 0 Å². The van der Waals surface area contributed by atoms with E-state index >= 15 is 0 Å². The van der Waals surface area contributed by atoms with Crippen molar-refractivity contribution in [3.8, 4) is 0 Å². The second-order valence-corrected chi connectivity index (χ2v) is 6.62. The molecule has 2 saturated heterocycles. The predicted molar refractivity (Wildman–Crippen MR) is 78.2 cm³/mol. The van der Waals surface area contributed by atoms with Gasteiger partial charge in [-0.05, 0) is 12.8 Å². The number of halogens is 1. The highest BCUT2D eigenvalue weighted by Crippen LogP contribution is 2.52. The average Bonchev–Trinajstić information content (AvgIpc) is 3.24. The van der Waals surface area contributed by atoms with Crippen LogP contribution in [0.3, 0.4) is 0 Å². The molecule has 3 heterocycles. The summed E-state index contributed by atoms with van der Waals surface area (Å²) in [5.41, 5.74) is -2.81. The summed E-state index contributed by atoms with van der Waals surface area (Å²) >= 11 is 0. The first-order chi connectivity index (χ1) is 11.5. The van der Waals surface area contributed by atoms with E-state index in [1.807, 2.05) is 0 Å².